The Balaban J connectivity index is 2.35. The first-order chi connectivity index (χ1) is 14.7. The summed E-state index contributed by atoms with van der Waals surface area (Å²) in [5.74, 6) is -0.774. The maximum absolute atomic E-state index is 13.3. The summed E-state index contributed by atoms with van der Waals surface area (Å²) in [6.07, 6.45) is 1.95. The van der Waals surface area contributed by atoms with Crippen LogP contribution in [0.2, 0.25) is 5.02 Å². The molecule has 0 radical (unpaired) electrons. The average molecular weight is 466 g/mol. The van der Waals surface area contributed by atoms with Crippen molar-refractivity contribution in [1.82, 2.24) is 10.2 Å². The Labute approximate surface area is 189 Å². The van der Waals surface area contributed by atoms with Gasteiger partial charge in [-0.2, -0.15) is 0 Å². The first-order valence-electron chi connectivity index (χ1n) is 9.96. The van der Waals surface area contributed by atoms with E-state index in [2.05, 4.69) is 5.32 Å². The normalized spacial score (nSPS) is 12.1. The second-order valence-electron chi connectivity index (χ2n) is 7.08. The molecule has 2 aromatic carbocycles. The number of nitrogens with one attached hydrogen (secondary N) is 1. The highest BCUT2D eigenvalue weighted by Gasteiger charge is 2.31. The van der Waals surface area contributed by atoms with Crippen LogP contribution in [0.3, 0.4) is 0 Å². The smallest absolute Gasteiger partial charge is 0.244 e. The number of likely N-dealkylation sites (N-methyl/N-ethyl adjacent to an activating group) is 1. The number of para-hydroxylation sites is 1. The van der Waals surface area contributed by atoms with Gasteiger partial charge in [0.2, 0.25) is 21.8 Å². The standard InChI is InChI=1S/C22H28ClN3O4S/c1-4-19(22(28)24-2)25(15-14-17-10-6-5-7-11-17)21(27)16-26(31(3,29)30)20-13-9-8-12-18(20)23/h5-13,19H,4,14-16H2,1-3H3,(H,24,28)/t19-/m0/s1. The Bertz CT molecular complexity index is 999. The molecule has 0 saturated heterocycles. The molecule has 1 N–H and O–H groups in total. The first-order valence-corrected chi connectivity index (χ1v) is 12.2. The maximum Gasteiger partial charge on any atom is 0.244 e. The number of nitrogens with zero attached hydrogens (tertiary/aromatic N) is 2. The lowest BCUT2D eigenvalue weighted by Gasteiger charge is -2.32. The zero-order chi connectivity index (χ0) is 23.0. The number of hydrogen-bond acceptors (Lipinski definition) is 4. The van der Waals surface area contributed by atoms with Crippen molar-refractivity contribution >= 4 is 39.1 Å². The van der Waals surface area contributed by atoms with E-state index in [9.17, 15) is 18.0 Å². The number of anilines is 1. The van der Waals surface area contributed by atoms with Gasteiger partial charge in [-0.25, -0.2) is 8.42 Å². The molecule has 0 bridgehead atoms. The molecular weight excluding hydrogens is 438 g/mol. The Hall–Kier alpha value is -2.58. The summed E-state index contributed by atoms with van der Waals surface area (Å²) >= 11 is 6.20. The second-order valence-corrected chi connectivity index (χ2v) is 9.40. The van der Waals surface area contributed by atoms with Crippen molar-refractivity contribution in [2.75, 3.05) is 30.7 Å². The zero-order valence-electron chi connectivity index (χ0n) is 17.9. The molecule has 0 unspecified atom stereocenters. The van der Waals surface area contributed by atoms with Gasteiger partial charge in [-0.05, 0) is 30.5 Å². The van der Waals surface area contributed by atoms with Crippen molar-refractivity contribution in [1.29, 1.82) is 0 Å². The predicted octanol–water partition coefficient (Wildman–Crippen LogP) is 2.70. The highest BCUT2D eigenvalue weighted by atomic mass is 35.5. The predicted molar refractivity (Wildman–Crippen MR) is 124 cm³/mol. The van der Waals surface area contributed by atoms with Crippen molar-refractivity contribution in [3.63, 3.8) is 0 Å². The van der Waals surface area contributed by atoms with Crippen LogP contribution in [0.4, 0.5) is 5.69 Å². The van der Waals surface area contributed by atoms with Crippen LogP contribution in [0.15, 0.2) is 54.6 Å². The number of hydrogen-bond donors (Lipinski definition) is 1. The second kappa shape index (κ2) is 11.2. The van der Waals surface area contributed by atoms with Gasteiger partial charge in [0.25, 0.3) is 0 Å². The molecule has 0 fully saturated rings. The summed E-state index contributed by atoms with van der Waals surface area (Å²) in [7, 11) is -2.28. The van der Waals surface area contributed by atoms with E-state index < -0.39 is 28.5 Å². The van der Waals surface area contributed by atoms with Gasteiger partial charge in [0.1, 0.15) is 12.6 Å². The van der Waals surface area contributed by atoms with Crippen molar-refractivity contribution < 1.29 is 18.0 Å². The van der Waals surface area contributed by atoms with Gasteiger partial charge >= 0.3 is 0 Å². The lowest BCUT2D eigenvalue weighted by Crippen LogP contribution is -2.52. The summed E-state index contributed by atoms with van der Waals surface area (Å²) in [5.41, 5.74) is 1.23. The Morgan fingerprint density at radius 1 is 1.06 bits per heavy atom. The van der Waals surface area contributed by atoms with E-state index >= 15 is 0 Å². The van der Waals surface area contributed by atoms with Gasteiger partial charge in [-0.1, -0.05) is 61.0 Å². The monoisotopic (exact) mass is 465 g/mol. The van der Waals surface area contributed by atoms with Gasteiger partial charge in [-0.15, -0.1) is 0 Å². The Morgan fingerprint density at radius 2 is 1.68 bits per heavy atom. The minimum Gasteiger partial charge on any atom is -0.357 e. The summed E-state index contributed by atoms with van der Waals surface area (Å²) in [6, 6.07) is 15.3. The summed E-state index contributed by atoms with van der Waals surface area (Å²) in [6.45, 7) is 1.63. The van der Waals surface area contributed by atoms with Crippen molar-refractivity contribution in [3.05, 3.63) is 65.2 Å². The van der Waals surface area contributed by atoms with E-state index in [-0.39, 0.29) is 23.2 Å². The molecule has 7 nitrogen and oxygen atoms in total. The molecule has 0 aliphatic heterocycles. The van der Waals surface area contributed by atoms with Crippen LogP contribution in [-0.4, -0.2) is 57.6 Å². The maximum atomic E-state index is 13.3. The van der Waals surface area contributed by atoms with Gasteiger partial charge < -0.3 is 10.2 Å². The van der Waals surface area contributed by atoms with Gasteiger partial charge in [0, 0.05) is 13.6 Å². The summed E-state index contributed by atoms with van der Waals surface area (Å²) in [4.78, 5) is 27.2. The largest absolute Gasteiger partial charge is 0.357 e. The number of benzene rings is 2. The van der Waals surface area contributed by atoms with E-state index in [1.807, 2.05) is 37.3 Å². The zero-order valence-corrected chi connectivity index (χ0v) is 19.5. The average Bonchev–Trinajstić information content (AvgIpc) is 2.75. The van der Waals surface area contributed by atoms with Gasteiger partial charge in [0.05, 0.1) is 17.0 Å². The van der Waals surface area contributed by atoms with Crippen LogP contribution < -0.4 is 9.62 Å². The molecule has 0 aromatic heterocycles. The molecule has 0 aliphatic rings. The number of carbonyl (C=O) groups excluding carboxylic acids is 2. The molecule has 0 heterocycles. The molecular formula is C22H28ClN3O4S. The number of carbonyl (C=O) groups is 2. The molecule has 2 aromatic rings. The van der Waals surface area contributed by atoms with Crippen LogP contribution >= 0.6 is 11.6 Å². The van der Waals surface area contributed by atoms with Crippen molar-refractivity contribution in [2.24, 2.45) is 0 Å². The van der Waals surface area contributed by atoms with Crippen LogP contribution in [0.1, 0.15) is 18.9 Å². The number of rotatable bonds is 10. The van der Waals surface area contributed by atoms with Crippen LogP contribution in [0.25, 0.3) is 0 Å². The molecule has 0 spiro atoms. The topological polar surface area (TPSA) is 86.8 Å². The fraction of sp³-hybridized carbons (Fsp3) is 0.364. The van der Waals surface area contributed by atoms with Gasteiger partial charge in [0.15, 0.2) is 0 Å². The lowest BCUT2D eigenvalue weighted by molar-refractivity contribution is -0.139. The van der Waals surface area contributed by atoms with E-state index in [1.165, 1.54) is 11.9 Å². The van der Waals surface area contributed by atoms with E-state index in [0.717, 1.165) is 16.1 Å². The molecule has 31 heavy (non-hydrogen) atoms. The van der Waals surface area contributed by atoms with Crippen molar-refractivity contribution in [2.45, 2.75) is 25.8 Å². The number of amides is 2. The minimum absolute atomic E-state index is 0.218. The SMILES string of the molecule is CC[C@@H](C(=O)NC)N(CCc1ccccc1)C(=O)CN(c1ccccc1Cl)S(C)(=O)=O. The van der Waals surface area contributed by atoms with E-state index in [0.29, 0.717) is 12.8 Å². The molecule has 168 valence electrons. The molecule has 2 amide bonds. The van der Waals surface area contributed by atoms with Crippen LogP contribution in [0.5, 0.6) is 0 Å². The third kappa shape index (κ3) is 6.70. The quantitative estimate of drug-likeness (QED) is 0.584. The van der Waals surface area contributed by atoms with E-state index in [1.54, 1.807) is 24.3 Å². The molecule has 0 saturated carbocycles. The fourth-order valence-electron chi connectivity index (χ4n) is 3.31. The highest BCUT2D eigenvalue weighted by Crippen LogP contribution is 2.27. The molecule has 0 aliphatic carbocycles. The summed E-state index contributed by atoms with van der Waals surface area (Å²) < 4.78 is 25.9. The van der Waals surface area contributed by atoms with E-state index in [4.69, 9.17) is 11.6 Å². The molecule has 9 heteroatoms. The number of halogens is 1. The molecule has 2 rings (SSSR count). The lowest BCUT2D eigenvalue weighted by atomic mass is 10.1. The molecule has 1 atom stereocenters. The Kier molecular flexibility index (Phi) is 8.88. The minimum atomic E-state index is -3.79. The van der Waals surface area contributed by atoms with Crippen LogP contribution in [0, 0.1) is 0 Å². The Morgan fingerprint density at radius 3 is 2.23 bits per heavy atom. The summed E-state index contributed by atoms with van der Waals surface area (Å²) in [5, 5.41) is 2.81. The van der Waals surface area contributed by atoms with Crippen LogP contribution in [-0.2, 0) is 26.0 Å². The van der Waals surface area contributed by atoms with Crippen molar-refractivity contribution in [3.8, 4) is 0 Å². The third-order valence-electron chi connectivity index (χ3n) is 4.92. The third-order valence-corrected chi connectivity index (χ3v) is 6.36. The fourth-order valence-corrected chi connectivity index (χ4v) is 4.46. The number of sulfonamides is 1. The highest BCUT2D eigenvalue weighted by molar-refractivity contribution is 7.92. The van der Waals surface area contributed by atoms with Gasteiger partial charge in [-0.3, -0.25) is 13.9 Å². The first kappa shape index (κ1) is 24.7.